The maximum atomic E-state index is 5.45. The fourth-order valence-electron chi connectivity index (χ4n) is 2.95. The molecule has 0 saturated carbocycles. The molecule has 1 fully saturated rings. The Balaban J connectivity index is 1.89. The number of rotatable bonds is 6. The zero-order valence-electron chi connectivity index (χ0n) is 16.2. The number of aromatic nitrogens is 1. The Morgan fingerprint density at radius 2 is 2.04 bits per heavy atom. The summed E-state index contributed by atoms with van der Waals surface area (Å²) in [6.45, 7) is 9.58. The van der Waals surface area contributed by atoms with Gasteiger partial charge in [-0.05, 0) is 19.9 Å². The molecule has 0 bridgehead atoms. The zero-order chi connectivity index (χ0) is 18.3. The molecule has 1 aromatic rings. The summed E-state index contributed by atoms with van der Waals surface area (Å²) < 4.78 is 5.45. The molecule has 140 valence electrons. The van der Waals surface area contributed by atoms with Crippen molar-refractivity contribution in [3.8, 4) is 0 Å². The molecule has 25 heavy (non-hydrogen) atoms. The van der Waals surface area contributed by atoms with Crippen molar-refractivity contribution < 1.29 is 4.74 Å². The molecule has 1 aliphatic heterocycles. The quantitative estimate of drug-likeness (QED) is 0.589. The third-order valence-corrected chi connectivity index (χ3v) is 4.52. The maximum Gasteiger partial charge on any atom is 0.191 e. The van der Waals surface area contributed by atoms with Crippen LogP contribution in [0.5, 0.6) is 0 Å². The lowest BCUT2D eigenvalue weighted by Crippen LogP contribution is -2.56. The average Bonchev–Trinajstić information content (AvgIpc) is 2.62. The Labute approximate surface area is 151 Å². The minimum Gasteiger partial charge on any atom is -0.379 e. The first-order chi connectivity index (χ1) is 11.9. The van der Waals surface area contributed by atoms with Crippen molar-refractivity contribution in [3.05, 3.63) is 23.9 Å². The predicted molar refractivity (Wildman–Crippen MR) is 103 cm³/mol. The van der Waals surface area contributed by atoms with Crippen LogP contribution in [0.3, 0.4) is 0 Å². The first-order valence-electron chi connectivity index (χ1n) is 8.82. The number of hydrogen-bond acceptors (Lipinski definition) is 5. The second-order valence-electron chi connectivity index (χ2n) is 7.07. The highest BCUT2D eigenvalue weighted by Crippen LogP contribution is 2.15. The van der Waals surface area contributed by atoms with Gasteiger partial charge in [0.2, 0.25) is 0 Å². The maximum absolute atomic E-state index is 5.45. The molecule has 1 saturated heterocycles. The molecule has 0 spiro atoms. The van der Waals surface area contributed by atoms with Gasteiger partial charge in [0.05, 0.1) is 13.2 Å². The van der Waals surface area contributed by atoms with E-state index in [0.29, 0.717) is 6.54 Å². The number of morpholine rings is 1. The van der Waals surface area contributed by atoms with Gasteiger partial charge in [-0.3, -0.25) is 9.89 Å². The topological polar surface area (TPSA) is 65.0 Å². The number of ether oxygens (including phenoxy) is 1. The van der Waals surface area contributed by atoms with Gasteiger partial charge in [0.1, 0.15) is 5.82 Å². The largest absolute Gasteiger partial charge is 0.379 e. The summed E-state index contributed by atoms with van der Waals surface area (Å²) in [5, 5.41) is 6.83. The molecule has 0 atom stereocenters. The van der Waals surface area contributed by atoms with E-state index in [1.165, 1.54) is 0 Å². The predicted octanol–water partition coefficient (Wildman–Crippen LogP) is 0.923. The van der Waals surface area contributed by atoms with E-state index in [1.54, 1.807) is 7.05 Å². The fourth-order valence-corrected chi connectivity index (χ4v) is 2.95. The first kappa shape index (κ1) is 19.5. The van der Waals surface area contributed by atoms with Crippen molar-refractivity contribution in [2.75, 3.05) is 58.9 Å². The van der Waals surface area contributed by atoms with Crippen molar-refractivity contribution >= 4 is 11.8 Å². The van der Waals surface area contributed by atoms with Gasteiger partial charge in [0.15, 0.2) is 5.96 Å². The second-order valence-corrected chi connectivity index (χ2v) is 7.07. The Kier molecular flexibility index (Phi) is 7.01. The first-order valence-corrected chi connectivity index (χ1v) is 8.82. The molecular formula is C18H32N6O. The fraction of sp³-hybridized carbons (Fsp3) is 0.667. The van der Waals surface area contributed by atoms with Crippen LogP contribution in [-0.4, -0.2) is 75.4 Å². The SMILES string of the molecule is CN=C(NCc1cccnc1N(C)C)NCC(C)(C)N1CCOCC1. The lowest BCUT2D eigenvalue weighted by atomic mass is 10.0. The molecule has 1 aliphatic rings. The van der Waals surface area contributed by atoms with E-state index in [-0.39, 0.29) is 5.54 Å². The van der Waals surface area contributed by atoms with Gasteiger partial charge >= 0.3 is 0 Å². The Bertz CT molecular complexity index is 566. The van der Waals surface area contributed by atoms with Crippen LogP contribution >= 0.6 is 0 Å². The van der Waals surface area contributed by atoms with Crippen LogP contribution < -0.4 is 15.5 Å². The van der Waals surface area contributed by atoms with Gasteiger partial charge in [-0.1, -0.05) is 6.07 Å². The lowest BCUT2D eigenvalue weighted by molar-refractivity contribution is -0.00834. The summed E-state index contributed by atoms with van der Waals surface area (Å²) in [5.74, 6) is 1.77. The van der Waals surface area contributed by atoms with E-state index in [4.69, 9.17) is 4.74 Å². The van der Waals surface area contributed by atoms with Gasteiger partial charge in [0.25, 0.3) is 0 Å². The molecule has 0 radical (unpaired) electrons. The monoisotopic (exact) mass is 348 g/mol. The standard InChI is InChI=1S/C18H32N6O/c1-18(2,24-9-11-25-12-10-24)14-22-17(19-3)21-13-15-7-6-8-20-16(15)23(4)5/h6-8H,9-14H2,1-5H3,(H2,19,21,22). The molecule has 2 heterocycles. The summed E-state index contributed by atoms with van der Waals surface area (Å²) in [4.78, 5) is 13.3. The number of guanidine groups is 1. The van der Waals surface area contributed by atoms with E-state index in [9.17, 15) is 0 Å². The third-order valence-electron chi connectivity index (χ3n) is 4.52. The summed E-state index contributed by atoms with van der Waals surface area (Å²) in [5.41, 5.74) is 1.19. The highest BCUT2D eigenvalue weighted by molar-refractivity contribution is 5.79. The van der Waals surface area contributed by atoms with Gasteiger partial charge in [-0.15, -0.1) is 0 Å². The van der Waals surface area contributed by atoms with Crippen LogP contribution in [0.15, 0.2) is 23.3 Å². The summed E-state index contributed by atoms with van der Waals surface area (Å²) in [6, 6.07) is 4.04. The van der Waals surface area contributed by atoms with Gasteiger partial charge in [-0.2, -0.15) is 0 Å². The van der Waals surface area contributed by atoms with Crippen LogP contribution in [0, 0.1) is 0 Å². The molecule has 0 amide bonds. The Hall–Kier alpha value is -1.86. The van der Waals surface area contributed by atoms with E-state index < -0.39 is 0 Å². The van der Waals surface area contributed by atoms with Crippen LogP contribution in [-0.2, 0) is 11.3 Å². The second kappa shape index (κ2) is 9.01. The van der Waals surface area contributed by atoms with Crippen LogP contribution in [0.2, 0.25) is 0 Å². The van der Waals surface area contributed by atoms with Crippen LogP contribution in [0.25, 0.3) is 0 Å². The van der Waals surface area contributed by atoms with Crippen LogP contribution in [0.4, 0.5) is 5.82 Å². The number of nitrogens with one attached hydrogen (secondary N) is 2. The highest BCUT2D eigenvalue weighted by atomic mass is 16.5. The minimum absolute atomic E-state index is 0.0461. The molecule has 2 rings (SSSR count). The zero-order valence-corrected chi connectivity index (χ0v) is 16.2. The lowest BCUT2D eigenvalue weighted by Gasteiger charge is -2.41. The van der Waals surface area contributed by atoms with Crippen molar-refractivity contribution in [2.45, 2.75) is 25.9 Å². The van der Waals surface area contributed by atoms with E-state index in [2.05, 4.69) is 45.4 Å². The highest BCUT2D eigenvalue weighted by Gasteiger charge is 2.28. The normalized spacial score (nSPS) is 16.6. The van der Waals surface area contributed by atoms with Crippen molar-refractivity contribution in [3.63, 3.8) is 0 Å². The Morgan fingerprint density at radius 3 is 2.68 bits per heavy atom. The molecule has 0 unspecified atom stereocenters. The molecular weight excluding hydrogens is 316 g/mol. The molecule has 1 aromatic heterocycles. The van der Waals surface area contributed by atoms with E-state index in [0.717, 1.165) is 50.2 Å². The summed E-state index contributed by atoms with van der Waals surface area (Å²) in [6.07, 6.45) is 1.82. The number of hydrogen-bond donors (Lipinski definition) is 2. The van der Waals surface area contributed by atoms with Crippen molar-refractivity contribution in [1.82, 2.24) is 20.5 Å². The number of nitrogens with zero attached hydrogens (tertiary/aromatic N) is 4. The number of aliphatic imine (C=N–C) groups is 1. The van der Waals surface area contributed by atoms with E-state index >= 15 is 0 Å². The average molecular weight is 348 g/mol. The number of pyridine rings is 1. The third kappa shape index (κ3) is 5.57. The summed E-state index contributed by atoms with van der Waals surface area (Å²) in [7, 11) is 5.81. The molecule has 7 nitrogen and oxygen atoms in total. The van der Waals surface area contributed by atoms with Crippen molar-refractivity contribution in [1.29, 1.82) is 0 Å². The molecule has 7 heteroatoms. The Morgan fingerprint density at radius 1 is 1.32 bits per heavy atom. The van der Waals surface area contributed by atoms with Gasteiger partial charge < -0.3 is 20.3 Å². The smallest absolute Gasteiger partial charge is 0.191 e. The van der Waals surface area contributed by atoms with E-state index in [1.807, 2.05) is 31.3 Å². The molecule has 0 aliphatic carbocycles. The minimum atomic E-state index is 0.0461. The molecule has 2 N–H and O–H groups in total. The van der Waals surface area contributed by atoms with Gasteiger partial charge in [0, 0.05) is 64.6 Å². The van der Waals surface area contributed by atoms with Crippen LogP contribution in [0.1, 0.15) is 19.4 Å². The van der Waals surface area contributed by atoms with Crippen molar-refractivity contribution in [2.24, 2.45) is 4.99 Å². The summed E-state index contributed by atoms with van der Waals surface area (Å²) >= 11 is 0. The van der Waals surface area contributed by atoms with Gasteiger partial charge in [-0.25, -0.2) is 4.98 Å². The molecule has 0 aromatic carbocycles. The number of anilines is 1.